The average Bonchev–Trinajstić information content (AvgIpc) is 2.94. The minimum Gasteiger partial charge on any atom is -0.465 e. The molecular formula is C13H20INO2. The number of alkyl halides is 1. The summed E-state index contributed by atoms with van der Waals surface area (Å²) in [5.41, 5.74) is 6.24. The zero-order valence-corrected chi connectivity index (χ0v) is 12.2. The normalized spacial score (nSPS) is 48.0. The number of nitrogens with two attached hydrogens (primary N) is 1. The first kappa shape index (κ1) is 12.2. The van der Waals surface area contributed by atoms with Gasteiger partial charge in [-0.1, -0.05) is 22.6 Å². The molecule has 2 bridgehead atoms. The summed E-state index contributed by atoms with van der Waals surface area (Å²) in [7, 11) is 0. The predicted octanol–water partition coefficient (Wildman–Crippen LogP) is 2.12. The summed E-state index contributed by atoms with van der Waals surface area (Å²) in [6.45, 7) is 0.618. The Morgan fingerprint density at radius 1 is 1.53 bits per heavy atom. The monoisotopic (exact) mass is 349 g/mol. The molecule has 96 valence electrons. The van der Waals surface area contributed by atoms with Crippen molar-refractivity contribution < 1.29 is 9.53 Å². The summed E-state index contributed by atoms with van der Waals surface area (Å²) < 4.78 is 6.43. The van der Waals surface area contributed by atoms with Gasteiger partial charge >= 0.3 is 5.97 Å². The third-order valence-electron chi connectivity index (χ3n) is 5.32. The van der Waals surface area contributed by atoms with Gasteiger partial charge in [0.25, 0.3) is 0 Å². The molecule has 1 saturated heterocycles. The van der Waals surface area contributed by atoms with Crippen molar-refractivity contribution >= 4 is 28.6 Å². The third-order valence-corrected chi connectivity index (χ3v) is 6.08. The van der Waals surface area contributed by atoms with E-state index in [0.29, 0.717) is 24.4 Å². The Bertz CT molecular complexity index is 333. The van der Waals surface area contributed by atoms with Gasteiger partial charge in [0.05, 0.1) is 12.0 Å². The Morgan fingerprint density at radius 2 is 2.35 bits per heavy atom. The van der Waals surface area contributed by atoms with E-state index in [1.165, 1.54) is 23.7 Å². The van der Waals surface area contributed by atoms with Gasteiger partial charge in [-0.2, -0.15) is 0 Å². The van der Waals surface area contributed by atoms with Gasteiger partial charge in [0, 0.05) is 6.04 Å². The van der Waals surface area contributed by atoms with E-state index in [0.717, 1.165) is 12.8 Å². The maximum absolute atomic E-state index is 12.0. The fourth-order valence-corrected chi connectivity index (χ4v) is 4.99. The van der Waals surface area contributed by atoms with E-state index < -0.39 is 0 Å². The SMILES string of the molecule is NC1C(CCCI)C2CC1C1(CCOC1=O)C2. The van der Waals surface area contributed by atoms with Gasteiger partial charge < -0.3 is 10.5 Å². The highest BCUT2D eigenvalue weighted by Crippen LogP contribution is 2.62. The summed E-state index contributed by atoms with van der Waals surface area (Å²) in [5, 5.41) is 0. The number of hydrogen-bond acceptors (Lipinski definition) is 3. The van der Waals surface area contributed by atoms with Crippen LogP contribution in [0, 0.1) is 23.2 Å². The fourth-order valence-electron chi connectivity index (χ4n) is 4.55. The van der Waals surface area contributed by atoms with Crippen LogP contribution in [0.4, 0.5) is 0 Å². The average molecular weight is 349 g/mol. The summed E-state index contributed by atoms with van der Waals surface area (Å²) in [6, 6.07) is 0.238. The summed E-state index contributed by atoms with van der Waals surface area (Å²) >= 11 is 2.43. The van der Waals surface area contributed by atoms with E-state index in [-0.39, 0.29) is 17.4 Å². The van der Waals surface area contributed by atoms with Crippen LogP contribution in [0.25, 0.3) is 0 Å². The largest absolute Gasteiger partial charge is 0.465 e. The van der Waals surface area contributed by atoms with Crippen LogP contribution >= 0.6 is 22.6 Å². The molecule has 0 radical (unpaired) electrons. The number of carbonyl (C=O) groups excluding carboxylic acids is 1. The molecule has 5 unspecified atom stereocenters. The summed E-state index contributed by atoms with van der Waals surface area (Å²) in [4.78, 5) is 12.0. The second-order valence-corrected chi connectivity index (χ2v) is 7.00. The standard InChI is InChI=1S/C13H20INO2/c14-4-1-2-9-8-6-10(11(9)15)13(7-8)3-5-17-12(13)16/h8-11H,1-7,15H2. The number of cyclic esters (lactones) is 1. The topological polar surface area (TPSA) is 52.3 Å². The van der Waals surface area contributed by atoms with Gasteiger partial charge in [0.15, 0.2) is 0 Å². The Labute approximate surface area is 116 Å². The van der Waals surface area contributed by atoms with Gasteiger partial charge in [-0.15, -0.1) is 0 Å². The molecule has 3 fully saturated rings. The van der Waals surface area contributed by atoms with Crippen LogP contribution in [-0.2, 0) is 9.53 Å². The summed E-state index contributed by atoms with van der Waals surface area (Å²) in [6.07, 6.45) is 5.65. The van der Waals surface area contributed by atoms with Gasteiger partial charge in [-0.3, -0.25) is 4.79 Å². The molecule has 3 rings (SSSR count). The first-order chi connectivity index (χ1) is 8.19. The van der Waals surface area contributed by atoms with E-state index in [9.17, 15) is 4.79 Å². The number of esters is 1. The number of rotatable bonds is 3. The van der Waals surface area contributed by atoms with E-state index in [2.05, 4.69) is 22.6 Å². The molecule has 1 spiro atoms. The number of fused-ring (bicyclic) bond motifs is 3. The van der Waals surface area contributed by atoms with Crippen LogP contribution in [-0.4, -0.2) is 23.0 Å². The molecule has 1 aliphatic heterocycles. The van der Waals surface area contributed by atoms with Crippen molar-refractivity contribution in [2.75, 3.05) is 11.0 Å². The van der Waals surface area contributed by atoms with Crippen LogP contribution in [0.1, 0.15) is 32.1 Å². The van der Waals surface area contributed by atoms with E-state index in [1.54, 1.807) is 0 Å². The van der Waals surface area contributed by atoms with Crippen LogP contribution < -0.4 is 5.73 Å². The lowest BCUT2D eigenvalue weighted by Gasteiger charge is -2.38. The highest BCUT2D eigenvalue weighted by molar-refractivity contribution is 14.1. The van der Waals surface area contributed by atoms with Crippen molar-refractivity contribution in [3.8, 4) is 0 Å². The lowest BCUT2D eigenvalue weighted by molar-refractivity contribution is -0.149. The van der Waals surface area contributed by atoms with Crippen molar-refractivity contribution in [2.24, 2.45) is 28.9 Å². The van der Waals surface area contributed by atoms with Gasteiger partial charge in [-0.05, 0) is 54.3 Å². The molecular weight excluding hydrogens is 329 g/mol. The molecule has 3 nitrogen and oxygen atoms in total. The minimum atomic E-state index is -0.176. The highest BCUT2D eigenvalue weighted by Gasteiger charge is 2.64. The second-order valence-electron chi connectivity index (χ2n) is 5.92. The molecule has 3 aliphatic rings. The van der Waals surface area contributed by atoms with Crippen LogP contribution in [0.15, 0.2) is 0 Å². The number of ether oxygens (including phenoxy) is 1. The molecule has 1 heterocycles. The number of halogens is 1. The Kier molecular flexibility index (Phi) is 3.14. The Morgan fingerprint density at radius 3 is 2.94 bits per heavy atom. The van der Waals surface area contributed by atoms with Crippen LogP contribution in [0.3, 0.4) is 0 Å². The molecule has 17 heavy (non-hydrogen) atoms. The number of carbonyl (C=O) groups is 1. The van der Waals surface area contributed by atoms with Crippen LogP contribution in [0.5, 0.6) is 0 Å². The first-order valence-electron chi connectivity index (χ1n) is 6.68. The zero-order chi connectivity index (χ0) is 12.0. The summed E-state index contributed by atoms with van der Waals surface area (Å²) in [5.74, 6) is 1.80. The van der Waals surface area contributed by atoms with Crippen molar-refractivity contribution in [2.45, 2.75) is 38.1 Å². The Balaban J connectivity index is 1.76. The van der Waals surface area contributed by atoms with Gasteiger partial charge in [0.2, 0.25) is 0 Å². The molecule has 0 amide bonds. The van der Waals surface area contributed by atoms with E-state index in [4.69, 9.17) is 10.5 Å². The smallest absolute Gasteiger partial charge is 0.312 e. The van der Waals surface area contributed by atoms with Gasteiger partial charge in [0.1, 0.15) is 0 Å². The molecule has 0 aromatic heterocycles. The molecule has 2 saturated carbocycles. The second kappa shape index (κ2) is 4.37. The fraction of sp³-hybridized carbons (Fsp3) is 0.923. The Hall–Kier alpha value is 0.160. The van der Waals surface area contributed by atoms with E-state index >= 15 is 0 Å². The van der Waals surface area contributed by atoms with Crippen molar-refractivity contribution in [3.63, 3.8) is 0 Å². The third kappa shape index (κ3) is 1.66. The lowest BCUT2D eigenvalue weighted by Crippen LogP contribution is -2.47. The van der Waals surface area contributed by atoms with Crippen molar-refractivity contribution in [1.29, 1.82) is 0 Å². The highest BCUT2D eigenvalue weighted by atomic mass is 127. The molecule has 0 aromatic carbocycles. The predicted molar refractivity (Wildman–Crippen MR) is 73.8 cm³/mol. The van der Waals surface area contributed by atoms with Crippen LogP contribution in [0.2, 0.25) is 0 Å². The molecule has 0 aromatic rings. The lowest BCUT2D eigenvalue weighted by atomic mass is 9.66. The molecule has 2 N–H and O–H groups in total. The van der Waals surface area contributed by atoms with E-state index in [1.807, 2.05) is 0 Å². The first-order valence-corrected chi connectivity index (χ1v) is 8.20. The van der Waals surface area contributed by atoms with Gasteiger partial charge in [-0.25, -0.2) is 0 Å². The maximum atomic E-state index is 12.0. The quantitative estimate of drug-likeness (QED) is 0.482. The minimum absolute atomic E-state index is 0.0489. The molecule has 4 heteroatoms. The maximum Gasteiger partial charge on any atom is 0.312 e. The number of hydrogen-bond donors (Lipinski definition) is 1. The zero-order valence-electron chi connectivity index (χ0n) is 10.0. The molecule has 5 atom stereocenters. The van der Waals surface area contributed by atoms with Crippen molar-refractivity contribution in [3.05, 3.63) is 0 Å². The molecule has 2 aliphatic carbocycles. The van der Waals surface area contributed by atoms with Crippen molar-refractivity contribution in [1.82, 2.24) is 0 Å².